The normalized spacial score (nSPS) is 32.8. The molecule has 1 saturated heterocycles. The highest BCUT2D eigenvalue weighted by Crippen LogP contribution is 2.24. The molecule has 1 aliphatic rings. The molecule has 1 heterocycles. The van der Waals surface area contributed by atoms with E-state index < -0.39 is 0 Å². The number of nitrogens with zero attached hydrogens (tertiary/aromatic N) is 1. The summed E-state index contributed by atoms with van der Waals surface area (Å²) in [6.45, 7) is 9.83. The third-order valence-corrected chi connectivity index (χ3v) is 2.72. The molecule has 0 aliphatic carbocycles. The Labute approximate surface area is 76.1 Å². The van der Waals surface area contributed by atoms with E-state index >= 15 is 0 Å². The van der Waals surface area contributed by atoms with Crippen LogP contribution < -0.4 is 5.73 Å². The van der Waals surface area contributed by atoms with Crippen molar-refractivity contribution in [1.29, 1.82) is 0 Å². The summed E-state index contributed by atoms with van der Waals surface area (Å²) in [5.41, 5.74) is 5.95. The van der Waals surface area contributed by atoms with E-state index in [4.69, 9.17) is 5.73 Å². The van der Waals surface area contributed by atoms with Crippen molar-refractivity contribution < 1.29 is 0 Å². The van der Waals surface area contributed by atoms with Crippen LogP contribution in [0, 0.1) is 0 Å². The van der Waals surface area contributed by atoms with Crippen LogP contribution in [0.5, 0.6) is 0 Å². The first-order valence-corrected chi connectivity index (χ1v) is 4.95. The number of likely N-dealkylation sites (tertiary alicyclic amines) is 1. The van der Waals surface area contributed by atoms with Gasteiger partial charge in [0.2, 0.25) is 0 Å². The minimum absolute atomic E-state index is 0.0488. The van der Waals surface area contributed by atoms with Gasteiger partial charge < -0.3 is 5.73 Å². The predicted octanol–water partition coefficient (Wildman–Crippen LogP) is 1.60. The van der Waals surface area contributed by atoms with E-state index in [0.717, 1.165) is 18.6 Å². The van der Waals surface area contributed by atoms with E-state index in [1.807, 2.05) is 0 Å². The summed E-state index contributed by atoms with van der Waals surface area (Å²) < 4.78 is 0. The van der Waals surface area contributed by atoms with E-state index in [0.29, 0.717) is 0 Å². The lowest BCUT2D eigenvalue weighted by molar-refractivity contribution is 0.176. The minimum Gasteiger partial charge on any atom is -0.324 e. The first-order chi connectivity index (χ1) is 5.40. The molecule has 2 heteroatoms. The molecule has 1 aliphatic heterocycles. The zero-order valence-corrected chi connectivity index (χ0v) is 8.80. The topological polar surface area (TPSA) is 29.3 Å². The number of hydrogen-bond donors (Lipinski definition) is 1. The Kier molecular flexibility index (Phi) is 2.79. The van der Waals surface area contributed by atoms with Gasteiger partial charge in [0.1, 0.15) is 0 Å². The molecule has 1 fully saturated rings. The lowest BCUT2D eigenvalue weighted by Gasteiger charge is -2.32. The van der Waals surface area contributed by atoms with Crippen LogP contribution in [0.25, 0.3) is 0 Å². The fourth-order valence-corrected chi connectivity index (χ4v) is 2.03. The Morgan fingerprint density at radius 2 is 1.67 bits per heavy atom. The number of hydrogen-bond acceptors (Lipinski definition) is 2. The largest absolute Gasteiger partial charge is 0.324 e. The van der Waals surface area contributed by atoms with Crippen LogP contribution in [0.2, 0.25) is 0 Å². The van der Waals surface area contributed by atoms with E-state index in [1.165, 1.54) is 12.8 Å². The monoisotopic (exact) mass is 170 g/mol. The second kappa shape index (κ2) is 3.35. The van der Waals surface area contributed by atoms with Gasteiger partial charge in [-0.25, -0.2) is 0 Å². The summed E-state index contributed by atoms with van der Waals surface area (Å²) >= 11 is 0. The van der Waals surface area contributed by atoms with E-state index in [-0.39, 0.29) is 5.54 Å². The van der Waals surface area contributed by atoms with Gasteiger partial charge in [-0.15, -0.1) is 0 Å². The molecular weight excluding hydrogens is 148 g/mol. The van der Waals surface area contributed by atoms with Gasteiger partial charge in [0.05, 0.1) is 0 Å². The summed E-state index contributed by atoms with van der Waals surface area (Å²) in [5.74, 6) is 0. The number of rotatable bonds is 2. The first kappa shape index (κ1) is 10.0. The van der Waals surface area contributed by atoms with Crippen molar-refractivity contribution in [2.24, 2.45) is 5.73 Å². The fraction of sp³-hybridized carbons (Fsp3) is 1.00. The van der Waals surface area contributed by atoms with Crippen molar-refractivity contribution in [2.75, 3.05) is 6.54 Å². The van der Waals surface area contributed by atoms with Crippen LogP contribution in [0.1, 0.15) is 40.5 Å². The van der Waals surface area contributed by atoms with Gasteiger partial charge in [0.25, 0.3) is 0 Å². The molecule has 2 nitrogen and oxygen atoms in total. The summed E-state index contributed by atoms with van der Waals surface area (Å²) in [4.78, 5) is 2.53. The molecule has 12 heavy (non-hydrogen) atoms. The Morgan fingerprint density at radius 1 is 1.25 bits per heavy atom. The fourth-order valence-electron chi connectivity index (χ4n) is 2.03. The van der Waals surface area contributed by atoms with E-state index in [1.54, 1.807) is 0 Å². The van der Waals surface area contributed by atoms with Gasteiger partial charge in [-0.05, 0) is 40.5 Å². The van der Waals surface area contributed by atoms with Crippen molar-refractivity contribution in [2.45, 2.75) is 58.2 Å². The average Bonchev–Trinajstić information content (AvgIpc) is 2.16. The maximum atomic E-state index is 6.00. The summed E-state index contributed by atoms with van der Waals surface area (Å²) in [6, 6.07) is 1.45. The maximum absolute atomic E-state index is 6.00. The van der Waals surface area contributed by atoms with Crippen LogP contribution in [-0.2, 0) is 0 Å². The SMILES string of the molecule is C[C@@H]1CC[C@H](C)N1CC(C)(C)N. The minimum atomic E-state index is -0.0488. The Bertz CT molecular complexity index is 138. The third kappa shape index (κ3) is 2.46. The standard InChI is InChI=1S/C10H22N2/c1-8-5-6-9(2)12(8)7-10(3,4)11/h8-9H,5-7,11H2,1-4H3/t8-,9+. The lowest BCUT2D eigenvalue weighted by atomic mass is 10.1. The first-order valence-electron chi connectivity index (χ1n) is 4.95. The molecule has 0 saturated carbocycles. The highest BCUT2D eigenvalue weighted by molar-refractivity contribution is 4.87. The van der Waals surface area contributed by atoms with E-state index in [9.17, 15) is 0 Å². The van der Waals surface area contributed by atoms with Crippen molar-refractivity contribution in [3.63, 3.8) is 0 Å². The molecule has 0 unspecified atom stereocenters. The molecule has 0 spiro atoms. The van der Waals surface area contributed by atoms with Crippen LogP contribution >= 0.6 is 0 Å². The van der Waals surface area contributed by atoms with Crippen molar-refractivity contribution in [3.05, 3.63) is 0 Å². The molecule has 0 amide bonds. The van der Waals surface area contributed by atoms with Crippen LogP contribution in [0.3, 0.4) is 0 Å². The average molecular weight is 170 g/mol. The molecule has 72 valence electrons. The second-order valence-corrected chi connectivity index (χ2v) is 4.94. The van der Waals surface area contributed by atoms with Gasteiger partial charge in [-0.2, -0.15) is 0 Å². The molecular formula is C10H22N2. The molecule has 0 aromatic rings. The Hall–Kier alpha value is -0.0800. The highest BCUT2D eigenvalue weighted by atomic mass is 15.2. The van der Waals surface area contributed by atoms with Crippen molar-refractivity contribution in [3.8, 4) is 0 Å². The zero-order valence-electron chi connectivity index (χ0n) is 8.80. The Balaban J connectivity index is 2.50. The molecule has 0 radical (unpaired) electrons. The molecule has 2 atom stereocenters. The van der Waals surface area contributed by atoms with Crippen LogP contribution in [0.15, 0.2) is 0 Å². The second-order valence-electron chi connectivity index (χ2n) is 4.94. The van der Waals surface area contributed by atoms with Crippen molar-refractivity contribution >= 4 is 0 Å². The summed E-state index contributed by atoms with van der Waals surface area (Å²) in [5, 5.41) is 0. The predicted molar refractivity (Wildman–Crippen MR) is 53.1 cm³/mol. The van der Waals surface area contributed by atoms with Crippen molar-refractivity contribution in [1.82, 2.24) is 4.90 Å². The molecule has 1 rings (SSSR count). The summed E-state index contributed by atoms with van der Waals surface area (Å²) in [7, 11) is 0. The molecule has 2 N–H and O–H groups in total. The third-order valence-electron chi connectivity index (χ3n) is 2.72. The van der Waals surface area contributed by atoms with Gasteiger partial charge in [0, 0.05) is 24.2 Å². The van der Waals surface area contributed by atoms with E-state index in [2.05, 4.69) is 32.6 Å². The molecule has 0 bridgehead atoms. The molecule has 0 aromatic heterocycles. The smallest absolute Gasteiger partial charge is 0.0226 e. The quantitative estimate of drug-likeness (QED) is 0.682. The van der Waals surface area contributed by atoms with Gasteiger partial charge in [-0.3, -0.25) is 4.90 Å². The Morgan fingerprint density at radius 3 is 2.00 bits per heavy atom. The summed E-state index contributed by atoms with van der Waals surface area (Å²) in [6.07, 6.45) is 2.66. The van der Waals surface area contributed by atoms with Gasteiger partial charge in [0.15, 0.2) is 0 Å². The lowest BCUT2D eigenvalue weighted by Crippen LogP contribution is -2.48. The number of nitrogens with two attached hydrogens (primary N) is 1. The van der Waals surface area contributed by atoms with Crippen LogP contribution in [0.4, 0.5) is 0 Å². The molecule has 0 aromatic carbocycles. The van der Waals surface area contributed by atoms with Gasteiger partial charge in [-0.1, -0.05) is 0 Å². The zero-order chi connectivity index (χ0) is 9.35. The van der Waals surface area contributed by atoms with Gasteiger partial charge >= 0.3 is 0 Å². The highest BCUT2D eigenvalue weighted by Gasteiger charge is 2.30. The maximum Gasteiger partial charge on any atom is 0.0226 e. The van der Waals surface area contributed by atoms with Crippen LogP contribution in [-0.4, -0.2) is 29.1 Å².